The zero-order valence-corrected chi connectivity index (χ0v) is 12.5. The van der Waals surface area contributed by atoms with Gasteiger partial charge in [-0.2, -0.15) is 0 Å². The molecule has 0 spiro atoms. The van der Waals surface area contributed by atoms with Gasteiger partial charge in [-0.25, -0.2) is 0 Å². The maximum absolute atomic E-state index is 9.67. The van der Waals surface area contributed by atoms with Crippen LogP contribution in [0.15, 0.2) is 0 Å². The molecule has 5 heteroatoms. The molecule has 4 atom stereocenters. The van der Waals surface area contributed by atoms with E-state index in [2.05, 4.69) is 6.92 Å². The first kappa shape index (κ1) is 17.9. The van der Waals surface area contributed by atoms with Crippen molar-refractivity contribution in [1.29, 1.82) is 0 Å². The molecule has 20 heavy (non-hydrogen) atoms. The van der Waals surface area contributed by atoms with Crippen LogP contribution in [0, 0.1) is 0 Å². The first-order chi connectivity index (χ1) is 9.70. The van der Waals surface area contributed by atoms with E-state index in [1.807, 2.05) is 0 Å². The minimum absolute atomic E-state index is 0.310. The Morgan fingerprint density at radius 3 is 2.05 bits per heavy atom. The predicted octanol–water partition coefficient (Wildman–Crippen LogP) is 1.58. The van der Waals surface area contributed by atoms with Crippen molar-refractivity contribution >= 4 is 0 Å². The lowest BCUT2D eigenvalue weighted by Crippen LogP contribution is -2.34. The van der Waals surface area contributed by atoms with Crippen molar-refractivity contribution in [2.24, 2.45) is 0 Å². The molecule has 1 rings (SSSR count). The molecule has 120 valence electrons. The summed E-state index contributed by atoms with van der Waals surface area (Å²) in [6.07, 6.45) is 6.08. The Morgan fingerprint density at radius 1 is 0.900 bits per heavy atom. The SMILES string of the molecule is CCCCCCCCCCOC1O[C@H](CO)[C@@H](O)[C@@H]1O. The third-order valence-electron chi connectivity index (χ3n) is 3.78. The standard InChI is InChI=1S/C15H30O5/c1-2-3-4-5-6-7-8-9-10-19-15-14(18)13(17)12(11-16)20-15/h12-18H,2-11H2,1H3/t12-,13-,14+,15?/m1/s1. The topological polar surface area (TPSA) is 79.2 Å². The van der Waals surface area contributed by atoms with E-state index in [-0.39, 0.29) is 6.61 Å². The van der Waals surface area contributed by atoms with Crippen LogP contribution < -0.4 is 0 Å². The largest absolute Gasteiger partial charge is 0.394 e. The maximum Gasteiger partial charge on any atom is 0.186 e. The number of hydrogen-bond donors (Lipinski definition) is 3. The van der Waals surface area contributed by atoms with E-state index in [4.69, 9.17) is 14.6 Å². The van der Waals surface area contributed by atoms with Gasteiger partial charge in [0.1, 0.15) is 18.3 Å². The quantitative estimate of drug-likeness (QED) is 0.504. The Bertz CT molecular complexity index is 236. The molecule has 0 aromatic carbocycles. The van der Waals surface area contributed by atoms with Gasteiger partial charge in [0.25, 0.3) is 0 Å². The molecule has 0 aromatic rings. The summed E-state index contributed by atoms with van der Waals surface area (Å²) < 4.78 is 10.7. The summed E-state index contributed by atoms with van der Waals surface area (Å²) in [6.45, 7) is 2.42. The summed E-state index contributed by atoms with van der Waals surface area (Å²) in [5.74, 6) is 0. The summed E-state index contributed by atoms with van der Waals surface area (Å²) in [5.41, 5.74) is 0. The van der Waals surface area contributed by atoms with E-state index in [9.17, 15) is 10.2 Å². The highest BCUT2D eigenvalue weighted by Crippen LogP contribution is 2.22. The van der Waals surface area contributed by atoms with Crippen molar-refractivity contribution in [3.8, 4) is 0 Å². The van der Waals surface area contributed by atoms with E-state index in [0.717, 1.165) is 12.8 Å². The van der Waals surface area contributed by atoms with Gasteiger partial charge in [0.15, 0.2) is 6.29 Å². The Hall–Kier alpha value is -0.200. The van der Waals surface area contributed by atoms with E-state index < -0.39 is 24.6 Å². The highest BCUT2D eigenvalue weighted by atomic mass is 16.7. The molecule has 1 aliphatic heterocycles. The molecular formula is C15H30O5. The summed E-state index contributed by atoms with van der Waals surface area (Å²) >= 11 is 0. The first-order valence-electron chi connectivity index (χ1n) is 7.94. The van der Waals surface area contributed by atoms with E-state index in [1.54, 1.807) is 0 Å². The fourth-order valence-electron chi connectivity index (χ4n) is 2.44. The molecular weight excluding hydrogens is 260 g/mol. The molecule has 0 radical (unpaired) electrons. The van der Waals surface area contributed by atoms with Gasteiger partial charge in [-0.1, -0.05) is 51.9 Å². The normalized spacial score (nSPS) is 30.0. The molecule has 1 aliphatic rings. The van der Waals surface area contributed by atoms with Gasteiger partial charge in [-0.15, -0.1) is 0 Å². The van der Waals surface area contributed by atoms with Crippen LogP contribution in [0.2, 0.25) is 0 Å². The number of ether oxygens (including phenoxy) is 2. The van der Waals surface area contributed by atoms with Crippen LogP contribution in [0.1, 0.15) is 58.3 Å². The van der Waals surface area contributed by atoms with Crippen molar-refractivity contribution < 1.29 is 24.8 Å². The molecule has 3 N–H and O–H groups in total. The summed E-state index contributed by atoms with van der Waals surface area (Å²) in [6, 6.07) is 0. The molecule has 0 bridgehead atoms. The second-order valence-electron chi connectivity index (χ2n) is 5.55. The third kappa shape index (κ3) is 6.06. The van der Waals surface area contributed by atoms with E-state index in [0.29, 0.717) is 6.61 Å². The van der Waals surface area contributed by atoms with Gasteiger partial charge >= 0.3 is 0 Å². The summed E-state index contributed by atoms with van der Waals surface area (Å²) in [5, 5.41) is 28.2. The van der Waals surface area contributed by atoms with E-state index >= 15 is 0 Å². The van der Waals surface area contributed by atoms with Crippen molar-refractivity contribution in [3.05, 3.63) is 0 Å². The highest BCUT2D eigenvalue weighted by Gasteiger charge is 2.42. The lowest BCUT2D eigenvalue weighted by molar-refractivity contribution is -0.169. The lowest BCUT2D eigenvalue weighted by Gasteiger charge is -2.15. The summed E-state index contributed by atoms with van der Waals surface area (Å²) in [4.78, 5) is 0. The molecule has 1 heterocycles. The molecule has 5 nitrogen and oxygen atoms in total. The van der Waals surface area contributed by atoms with Gasteiger partial charge in [-0.3, -0.25) is 0 Å². The lowest BCUT2D eigenvalue weighted by atomic mass is 10.1. The zero-order chi connectivity index (χ0) is 14.8. The predicted molar refractivity (Wildman–Crippen MR) is 76.3 cm³/mol. The third-order valence-corrected chi connectivity index (χ3v) is 3.78. The Kier molecular flexibility index (Phi) is 9.39. The van der Waals surface area contributed by atoms with Gasteiger partial charge in [-0.05, 0) is 6.42 Å². The fraction of sp³-hybridized carbons (Fsp3) is 1.00. The van der Waals surface area contributed by atoms with Crippen LogP contribution in [0.3, 0.4) is 0 Å². The molecule has 1 fully saturated rings. The second kappa shape index (κ2) is 10.5. The van der Waals surface area contributed by atoms with Crippen molar-refractivity contribution in [1.82, 2.24) is 0 Å². The Balaban J connectivity index is 1.96. The number of unbranched alkanes of at least 4 members (excludes halogenated alkanes) is 7. The number of hydrogen-bond acceptors (Lipinski definition) is 5. The second-order valence-corrected chi connectivity index (χ2v) is 5.55. The van der Waals surface area contributed by atoms with E-state index in [1.165, 1.54) is 38.5 Å². The van der Waals surface area contributed by atoms with Crippen LogP contribution >= 0.6 is 0 Å². The Labute approximate surface area is 121 Å². The molecule has 1 saturated heterocycles. The van der Waals surface area contributed by atoms with Crippen molar-refractivity contribution in [2.75, 3.05) is 13.2 Å². The van der Waals surface area contributed by atoms with Gasteiger partial charge in [0, 0.05) is 6.61 Å². The number of aliphatic hydroxyl groups excluding tert-OH is 3. The average molecular weight is 290 g/mol. The molecule has 0 aromatic heterocycles. The van der Waals surface area contributed by atoms with Crippen LogP contribution in [0.4, 0.5) is 0 Å². The van der Waals surface area contributed by atoms with Crippen LogP contribution in [-0.2, 0) is 9.47 Å². The molecule has 0 saturated carbocycles. The maximum atomic E-state index is 9.67. The van der Waals surface area contributed by atoms with Gasteiger partial charge in [0.05, 0.1) is 6.61 Å². The highest BCUT2D eigenvalue weighted by molar-refractivity contribution is 4.86. The average Bonchev–Trinajstić information content (AvgIpc) is 2.73. The number of aliphatic hydroxyl groups is 3. The van der Waals surface area contributed by atoms with Crippen LogP contribution in [0.5, 0.6) is 0 Å². The zero-order valence-electron chi connectivity index (χ0n) is 12.5. The minimum atomic E-state index is -1.07. The minimum Gasteiger partial charge on any atom is -0.394 e. The first-order valence-corrected chi connectivity index (χ1v) is 7.94. The fourth-order valence-corrected chi connectivity index (χ4v) is 2.44. The van der Waals surface area contributed by atoms with Crippen molar-refractivity contribution in [2.45, 2.75) is 82.9 Å². The molecule has 0 aliphatic carbocycles. The van der Waals surface area contributed by atoms with Crippen LogP contribution in [-0.4, -0.2) is 53.1 Å². The molecule has 0 amide bonds. The van der Waals surface area contributed by atoms with Gasteiger partial charge in [0.2, 0.25) is 0 Å². The van der Waals surface area contributed by atoms with Crippen molar-refractivity contribution in [3.63, 3.8) is 0 Å². The van der Waals surface area contributed by atoms with Crippen LogP contribution in [0.25, 0.3) is 0 Å². The Morgan fingerprint density at radius 2 is 1.50 bits per heavy atom. The monoisotopic (exact) mass is 290 g/mol. The molecule has 1 unspecified atom stereocenters. The number of rotatable bonds is 11. The smallest absolute Gasteiger partial charge is 0.186 e. The van der Waals surface area contributed by atoms with Gasteiger partial charge < -0.3 is 24.8 Å². The summed E-state index contributed by atoms with van der Waals surface area (Å²) in [7, 11) is 0.